The number of thioether (sulfide) groups is 1. The molecule has 1 aromatic carbocycles. The quantitative estimate of drug-likeness (QED) is 0.681. The Kier molecular flexibility index (Phi) is 6.73. The summed E-state index contributed by atoms with van der Waals surface area (Å²) in [7, 11) is -3.53. The number of piperidine rings is 1. The van der Waals surface area contributed by atoms with E-state index in [0.717, 1.165) is 31.0 Å². The molecule has 3 rings (SSSR count). The fraction of sp³-hybridized carbons (Fsp3) is 0.500. The molecule has 0 spiro atoms. The number of benzene rings is 1. The van der Waals surface area contributed by atoms with Crippen LogP contribution in [0.3, 0.4) is 0 Å². The molecule has 1 N–H and O–H groups in total. The summed E-state index contributed by atoms with van der Waals surface area (Å²) in [6.07, 6.45) is 2.82. The smallest absolute Gasteiger partial charge is 0.277 e. The van der Waals surface area contributed by atoms with Crippen molar-refractivity contribution in [1.82, 2.24) is 19.8 Å². The molecule has 0 bridgehead atoms. The summed E-state index contributed by atoms with van der Waals surface area (Å²) in [4.78, 5) is 11.9. The molecule has 1 aliphatic heterocycles. The maximum absolute atomic E-state index is 12.9. The van der Waals surface area contributed by atoms with E-state index in [1.54, 1.807) is 24.3 Å². The molecule has 1 fully saturated rings. The lowest BCUT2D eigenvalue weighted by atomic mass is 10.2. The van der Waals surface area contributed by atoms with E-state index in [9.17, 15) is 13.2 Å². The molecule has 8 nitrogen and oxygen atoms in total. The molecule has 2 aromatic rings. The van der Waals surface area contributed by atoms with Crippen molar-refractivity contribution < 1.29 is 17.6 Å². The van der Waals surface area contributed by atoms with Crippen molar-refractivity contribution in [2.75, 3.05) is 18.8 Å². The average Bonchev–Trinajstić information content (AvgIpc) is 3.16. The highest BCUT2D eigenvalue weighted by atomic mass is 32.2. The second-order valence-corrected chi connectivity index (χ2v) is 9.74. The maximum Gasteiger partial charge on any atom is 0.277 e. The van der Waals surface area contributed by atoms with E-state index in [4.69, 9.17) is 4.42 Å². The Morgan fingerprint density at radius 3 is 2.71 bits per heavy atom. The van der Waals surface area contributed by atoms with Crippen LogP contribution in [-0.2, 0) is 14.8 Å². The molecule has 0 atom stereocenters. The van der Waals surface area contributed by atoms with E-state index in [2.05, 4.69) is 15.5 Å². The van der Waals surface area contributed by atoms with Crippen molar-refractivity contribution >= 4 is 27.7 Å². The number of carbonyl (C=O) groups excluding carboxylic acids is 1. The van der Waals surface area contributed by atoms with Gasteiger partial charge >= 0.3 is 0 Å². The first-order chi connectivity index (χ1) is 13.4. The molecule has 2 heterocycles. The number of nitrogens with zero attached hydrogens (tertiary/aromatic N) is 3. The average molecular weight is 425 g/mol. The van der Waals surface area contributed by atoms with Gasteiger partial charge in [0.05, 0.1) is 10.6 Å². The molecule has 0 unspecified atom stereocenters. The lowest BCUT2D eigenvalue weighted by molar-refractivity contribution is -0.119. The second kappa shape index (κ2) is 9.06. The molecule has 28 heavy (non-hydrogen) atoms. The summed E-state index contributed by atoms with van der Waals surface area (Å²) in [6.45, 7) is 4.87. The van der Waals surface area contributed by atoms with Crippen LogP contribution in [0.4, 0.5) is 0 Å². The van der Waals surface area contributed by atoms with Crippen molar-refractivity contribution in [2.24, 2.45) is 0 Å². The Labute approximate surface area is 169 Å². The molecular weight excluding hydrogens is 400 g/mol. The molecule has 1 saturated heterocycles. The molecule has 0 radical (unpaired) electrons. The van der Waals surface area contributed by atoms with Crippen LogP contribution in [0.25, 0.3) is 11.5 Å². The number of hydrogen-bond donors (Lipinski definition) is 1. The summed E-state index contributed by atoms with van der Waals surface area (Å²) < 4.78 is 32.8. The van der Waals surface area contributed by atoms with Crippen LogP contribution < -0.4 is 5.32 Å². The van der Waals surface area contributed by atoms with Crippen molar-refractivity contribution in [3.05, 3.63) is 24.3 Å². The summed E-state index contributed by atoms with van der Waals surface area (Å²) in [5, 5.41) is 11.0. The fourth-order valence-electron chi connectivity index (χ4n) is 2.92. The zero-order valence-corrected chi connectivity index (χ0v) is 17.6. The zero-order valence-electron chi connectivity index (χ0n) is 15.9. The first kappa shape index (κ1) is 20.8. The predicted molar refractivity (Wildman–Crippen MR) is 106 cm³/mol. The SMILES string of the molecule is CC(C)NC(=O)CSc1nnc(-c2cccc(S(=O)(=O)N3CCCCC3)c2)o1. The van der Waals surface area contributed by atoms with Crippen molar-refractivity contribution in [3.8, 4) is 11.5 Å². The molecular formula is C18H24N4O4S2. The van der Waals surface area contributed by atoms with Crippen LogP contribution in [-0.4, -0.2) is 53.7 Å². The van der Waals surface area contributed by atoms with Crippen LogP contribution in [0.15, 0.2) is 38.8 Å². The van der Waals surface area contributed by atoms with Gasteiger partial charge in [0, 0.05) is 24.7 Å². The summed E-state index contributed by atoms with van der Waals surface area (Å²) in [5.74, 6) is 0.278. The molecule has 0 aliphatic carbocycles. The van der Waals surface area contributed by atoms with Crippen LogP contribution in [0, 0.1) is 0 Å². The van der Waals surface area contributed by atoms with Gasteiger partial charge in [-0.15, -0.1) is 10.2 Å². The summed E-state index contributed by atoms with van der Waals surface area (Å²) in [6, 6.07) is 6.59. The Hall–Kier alpha value is -1.91. The van der Waals surface area contributed by atoms with E-state index >= 15 is 0 Å². The monoisotopic (exact) mass is 424 g/mol. The molecule has 1 aliphatic rings. The number of hydrogen-bond acceptors (Lipinski definition) is 7. The lowest BCUT2D eigenvalue weighted by Gasteiger charge is -2.25. The summed E-state index contributed by atoms with van der Waals surface area (Å²) in [5.41, 5.74) is 0.532. The largest absolute Gasteiger partial charge is 0.411 e. The van der Waals surface area contributed by atoms with Gasteiger partial charge in [-0.05, 0) is 44.9 Å². The Morgan fingerprint density at radius 2 is 2.00 bits per heavy atom. The van der Waals surface area contributed by atoms with E-state index < -0.39 is 10.0 Å². The van der Waals surface area contributed by atoms with Gasteiger partial charge in [0.25, 0.3) is 5.22 Å². The minimum absolute atomic E-state index is 0.0657. The number of sulfonamides is 1. The van der Waals surface area contributed by atoms with Gasteiger partial charge < -0.3 is 9.73 Å². The lowest BCUT2D eigenvalue weighted by Crippen LogP contribution is -2.35. The Morgan fingerprint density at radius 1 is 1.25 bits per heavy atom. The Bertz CT molecular complexity index is 921. The standard InChI is InChI=1S/C18H24N4O4S2/c1-13(2)19-16(23)12-27-18-21-20-17(26-18)14-7-6-8-15(11-14)28(24,25)22-9-4-3-5-10-22/h6-8,11,13H,3-5,9-10,12H2,1-2H3,(H,19,23). The Balaban J connectivity index is 1.72. The van der Waals surface area contributed by atoms with Crippen LogP contribution >= 0.6 is 11.8 Å². The number of carbonyl (C=O) groups is 1. The third-order valence-electron chi connectivity index (χ3n) is 4.22. The van der Waals surface area contributed by atoms with E-state index in [0.29, 0.717) is 18.7 Å². The minimum Gasteiger partial charge on any atom is -0.411 e. The van der Waals surface area contributed by atoms with Gasteiger partial charge in [-0.1, -0.05) is 24.2 Å². The topological polar surface area (TPSA) is 105 Å². The van der Waals surface area contributed by atoms with E-state index in [-0.39, 0.29) is 33.7 Å². The molecule has 1 amide bonds. The first-order valence-electron chi connectivity index (χ1n) is 9.22. The number of nitrogens with one attached hydrogen (secondary N) is 1. The highest BCUT2D eigenvalue weighted by Gasteiger charge is 2.26. The molecule has 0 saturated carbocycles. The van der Waals surface area contributed by atoms with E-state index in [1.165, 1.54) is 4.31 Å². The van der Waals surface area contributed by atoms with Crippen molar-refractivity contribution in [3.63, 3.8) is 0 Å². The third kappa shape index (κ3) is 5.12. The van der Waals surface area contributed by atoms with Gasteiger partial charge in [0.15, 0.2) is 0 Å². The zero-order chi connectivity index (χ0) is 20.1. The molecule has 1 aromatic heterocycles. The molecule has 152 valence electrons. The first-order valence-corrected chi connectivity index (χ1v) is 11.6. The van der Waals surface area contributed by atoms with Crippen LogP contribution in [0.5, 0.6) is 0 Å². The highest BCUT2D eigenvalue weighted by molar-refractivity contribution is 7.99. The van der Waals surface area contributed by atoms with Crippen LogP contribution in [0.2, 0.25) is 0 Å². The van der Waals surface area contributed by atoms with Gasteiger partial charge in [0.1, 0.15) is 0 Å². The minimum atomic E-state index is -3.53. The van der Waals surface area contributed by atoms with Gasteiger partial charge in [-0.25, -0.2) is 8.42 Å². The third-order valence-corrected chi connectivity index (χ3v) is 6.93. The maximum atomic E-state index is 12.9. The van der Waals surface area contributed by atoms with Crippen molar-refractivity contribution in [1.29, 1.82) is 0 Å². The fourth-order valence-corrected chi connectivity index (χ4v) is 5.06. The van der Waals surface area contributed by atoms with Crippen LogP contribution in [0.1, 0.15) is 33.1 Å². The number of aromatic nitrogens is 2. The number of rotatable bonds is 7. The van der Waals surface area contributed by atoms with Gasteiger partial charge in [-0.2, -0.15) is 4.31 Å². The molecule has 10 heteroatoms. The van der Waals surface area contributed by atoms with E-state index in [1.807, 2.05) is 13.8 Å². The predicted octanol–water partition coefficient (Wildman–Crippen LogP) is 2.53. The second-order valence-electron chi connectivity index (χ2n) is 6.88. The van der Waals surface area contributed by atoms with Gasteiger partial charge in [-0.3, -0.25) is 4.79 Å². The highest BCUT2D eigenvalue weighted by Crippen LogP contribution is 2.27. The number of amides is 1. The van der Waals surface area contributed by atoms with Gasteiger partial charge in [0.2, 0.25) is 21.8 Å². The summed E-state index contributed by atoms with van der Waals surface area (Å²) >= 11 is 1.14. The normalized spacial score (nSPS) is 15.7. The van der Waals surface area contributed by atoms with Crippen molar-refractivity contribution in [2.45, 2.75) is 49.3 Å².